The second kappa shape index (κ2) is 8.94. The Labute approximate surface area is 183 Å². The zero-order valence-electron chi connectivity index (χ0n) is 17.3. The third-order valence-electron chi connectivity index (χ3n) is 5.94. The lowest BCUT2D eigenvalue weighted by atomic mass is 9.79. The molecule has 0 bridgehead atoms. The van der Waals surface area contributed by atoms with Crippen LogP contribution in [0.1, 0.15) is 36.0 Å². The molecule has 0 aromatic heterocycles. The Bertz CT molecular complexity index is 1020. The van der Waals surface area contributed by atoms with Crippen molar-refractivity contribution in [1.82, 2.24) is 15.5 Å². The molecule has 1 saturated carbocycles. The summed E-state index contributed by atoms with van der Waals surface area (Å²) in [5.41, 5.74) is -1.02. The Kier molecular flexibility index (Phi) is 6.07. The van der Waals surface area contributed by atoms with E-state index in [0.29, 0.717) is 31.4 Å². The Balaban J connectivity index is 1.30. The van der Waals surface area contributed by atoms with Gasteiger partial charge in [0.25, 0.3) is 11.8 Å². The summed E-state index contributed by atoms with van der Waals surface area (Å²) < 4.78 is 32.3. The Morgan fingerprint density at radius 3 is 2.47 bits per heavy atom. The normalized spacial score (nSPS) is 22.7. The van der Waals surface area contributed by atoms with E-state index in [1.807, 2.05) is 0 Å². The number of amides is 4. The maximum Gasteiger partial charge on any atom is 0.325 e. The summed E-state index contributed by atoms with van der Waals surface area (Å²) in [6, 6.07) is 10.5. The molecule has 1 spiro atoms. The van der Waals surface area contributed by atoms with Crippen molar-refractivity contribution in [2.24, 2.45) is 0 Å². The van der Waals surface area contributed by atoms with Gasteiger partial charge in [0.2, 0.25) is 0 Å². The monoisotopic (exact) mass is 443 g/mol. The molecular weight excluding hydrogens is 420 g/mol. The fraction of sp³-hybridized carbons (Fsp3) is 0.348. The van der Waals surface area contributed by atoms with Crippen LogP contribution < -0.4 is 15.4 Å². The first kappa shape index (κ1) is 21.7. The molecule has 1 saturated heterocycles. The van der Waals surface area contributed by atoms with Gasteiger partial charge in [0.15, 0.2) is 0 Å². The quantitative estimate of drug-likeness (QED) is 0.672. The molecule has 2 fully saturated rings. The zero-order chi connectivity index (χ0) is 22.7. The van der Waals surface area contributed by atoms with E-state index in [1.54, 1.807) is 6.07 Å². The first-order valence-corrected chi connectivity index (χ1v) is 10.5. The molecule has 1 aliphatic carbocycles. The molecule has 7 nitrogen and oxygen atoms in total. The molecule has 4 rings (SSSR count). The highest BCUT2D eigenvalue weighted by molar-refractivity contribution is 6.07. The molecule has 0 radical (unpaired) electrons. The molecule has 4 amide bonds. The van der Waals surface area contributed by atoms with Gasteiger partial charge in [-0.1, -0.05) is 12.1 Å². The van der Waals surface area contributed by atoms with Crippen molar-refractivity contribution in [1.29, 1.82) is 0 Å². The molecule has 2 aromatic carbocycles. The number of nitrogens with one attached hydrogen (secondary N) is 2. The summed E-state index contributed by atoms with van der Waals surface area (Å²) in [6.07, 6.45) is 1.70. The van der Waals surface area contributed by atoms with Gasteiger partial charge in [-0.15, -0.1) is 0 Å². The first-order valence-electron chi connectivity index (χ1n) is 10.5. The number of rotatable bonds is 6. The van der Waals surface area contributed by atoms with Crippen molar-refractivity contribution in [2.75, 3.05) is 13.2 Å². The fourth-order valence-corrected chi connectivity index (χ4v) is 4.17. The van der Waals surface area contributed by atoms with Crippen molar-refractivity contribution in [3.05, 3.63) is 65.7 Å². The summed E-state index contributed by atoms with van der Waals surface area (Å²) >= 11 is 0. The number of ether oxygens (including phenoxy) is 1. The average Bonchev–Trinajstić information content (AvgIpc) is 3.01. The predicted molar refractivity (Wildman–Crippen MR) is 111 cm³/mol. The topological polar surface area (TPSA) is 87.7 Å². The molecule has 9 heteroatoms. The number of imide groups is 1. The van der Waals surface area contributed by atoms with Gasteiger partial charge in [-0.05, 0) is 62.1 Å². The Hall–Kier alpha value is -3.49. The largest absolute Gasteiger partial charge is 0.492 e. The molecule has 168 valence electrons. The van der Waals surface area contributed by atoms with Crippen LogP contribution in [0.4, 0.5) is 13.6 Å². The van der Waals surface area contributed by atoms with Gasteiger partial charge in [0, 0.05) is 6.04 Å². The molecule has 0 unspecified atom stereocenters. The van der Waals surface area contributed by atoms with Crippen molar-refractivity contribution in [3.8, 4) is 5.75 Å². The fourth-order valence-electron chi connectivity index (χ4n) is 4.17. The number of nitrogens with zero attached hydrogens (tertiary/aromatic N) is 1. The van der Waals surface area contributed by atoms with Gasteiger partial charge in [0.05, 0.1) is 12.1 Å². The van der Waals surface area contributed by atoms with Crippen molar-refractivity contribution < 1.29 is 27.9 Å². The van der Waals surface area contributed by atoms with Crippen LogP contribution in [0.5, 0.6) is 5.75 Å². The highest BCUT2D eigenvalue weighted by Crippen LogP contribution is 2.34. The highest BCUT2D eigenvalue weighted by Gasteiger charge is 2.52. The van der Waals surface area contributed by atoms with E-state index < -0.39 is 23.3 Å². The molecule has 1 aliphatic heterocycles. The van der Waals surface area contributed by atoms with E-state index in [0.717, 1.165) is 4.90 Å². The third kappa shape index (κ3) is 4.42. The molecular formula is C23H23F2N3O4. The van der Waals surface area contributed by atoms with Crippen molar-refractivity contribution >= 4 is 17.8 Å². The maximum absolute atomic E-state index is 13.8. The van der Waals surface area contributed by atoms with Crippen molar-refractivity contribution in [2.45, 2.75) is 37.3 Å². The Morgan fingerprint density at radius 2 is 1.78 bits per heavy atom. The van der Waals surface area contributed by atoms with Gasteiger partial charge in [0.1, 0.15) is 29.5 Å². The molecule has 1 heterocycles. The number of carbonyl (C=O) groups is 3. The van der Waals surface area contributed by atoms with E-state index >= 15 is 0 Å². The van der Waals surface area contributed by atoms with Crippen LogP contribution >= 0.6 is 0 Å². The van der Waals surface area contributed by atoms with Gasteiger partial charge < -0.3 is 15.4 Å². The maximum atomic E-state index is 13.8. The number of hydrogen-bond donors (Lipinski definition) is 2. The molecule has 0 atom stereocenters. The number of carbonyl (C=O) groups excluding carboxylic acids is 3. The van der Waals surface area contributed by atoms with E-state index in [2.05, 4.69) is 10.6 Å². The van der Waals surface area contributed by atoms with Gasteiger partial charge in [-0.3, -0.25) is 14.5 Å². The molecule has 2 aliphatic rings. The van der Waals surface area contributed by atoms with Crippen LogP contribution in [0.2, 0.25) is 0 Å². The standard InChI is InChI=1S/C23H23F2N3O4/c24-15-5-7-17(8-6-15)32-14-13-28-21(30)23(27-22(28)31)11-9-16(10-12-23)26-20(29)18-3-1-2-4-19(18)25/h1-8,16H,9-14H2,(H,26,29)(H,27,31). The minimum absolute atomic E-state index is 0.0228. The number of urea groups is 1. The summed E-state index contributed by atoms with van der Waals surface area (Å²) in [7, 11) is 0. The molecule has 32 heavy (non-hydrogen) atoms. The minimum atomic E-state index is -0.994. The zero-order valence-corrected chi connectivity index (χ0v) is 17.3. The SMILES string of the molecule is O=C(NC1CCC2(CC1)NC(=O)N(CCOc1ccc(F)cc1)C2=O)c1ccccc1F. The second-order valence-electron chi connectivity index (χ2n) is 8.00. The highest BCUT2D eigenvalue weighted by atomic mass is 19.1. The minimum Gasteiger partial charge on any atom is -0.492 e. The van der Waals surface area contributed by atoms with Gasteiger partial charge in [-0.25, -0.2) is 13.6 Å². The van der Waals surface area contributed by atoms with Crippen molar-refractivity contribution in [3.63, 3.8) is 0 Å². The number of hydrogen-bond acceptors (Lipinski definition) is 4. The van der Waals surface area contributed by atoms with Crippen LogP contribution in [-0.4, -0.2) is 47.5 Å². The lowest BCUT2D eigenvalue weighted by Crippen LogP contribution is -2.53. The predicted octanol–water partition coefficient (Wildman–Crippen LogP) is 3.01. The van der Waals surface area contributed by atoms with Crippen LogP contribution in [-0.2, 0) is 4.79 Å². The summed E-state index contributed by atoms with van der Waals surface area (Å²) in [5.74, 6) is -1.34. The van der Waals surface area contributed by atoms with Gasteiger partial charge >= 0.3 is 6.03 Å². The number of benzene rings is 2. The average molecular weight is 443 g/mol. The summed E-state index contributed by atoms with van der Waals surface area (Å²) in [4.78, 5) is 38.8. The van der Waals surface area contributed by atoms with E-state index in [-0.39, 0.29) is 36.5 Å². The third-order valence-corrected chi connectivity index (χ3v) is 5.94. The summed E-state index contributed by atoms with van der Waals surface area (Å²) in [6.45, 7) is 0.152. The van der Waals surface area contributed by atoms with Crippen LogP contribution in [0, 0.1) is 11.6 Å². The van der Waals surface area contributed by atoms with Crippen LogP contribution in [0.15, 0.2) is 48.5 Å². The molecule has 2 aromatic rings. The number of halogens is 2. The lowest BCUT2D eigenvalue weighted by molar-refractivity contribution is -0.132. The summed E-state index contributed by atoms with van der Waals surface area (Å²) in [5, 5.41) is 5.61. The van der Waals surface area contributed by atoms with Crippen LogP contribution in [0.3, 0.4) is 0 Å². The van der Waals surface area contributed by atoms with Crippen LogP contribution in [0.25, 0.3) is 0 Å². The van der Waals surface area contributed by atoms with Gasteiger partial charge in [-0.2, -0.15) is 0 Å². The second-order valence-corrected chi connectivity index (χ2v) is 8.00. The Morgan fingerprint density at radius 1 is 1.09 bits per heavy atom. The smallest absolute Gasteiger partial charge is 0.325 e. The lowest BCUT2D eigenvalue weighted by Gasteiger charge is -2.35. The first-order chi connectivity index (χ1) is 15.4. The van der Waals surface area contributed by atoms with E-state index in [1.165, 1.54) is 42.5 Å². The molecule has 2 N–H and O–H groups in total. The van der Waals surface area contributed by atoms with E-state index in [9.17, 15) is 23.2 Å². The van der Waals surface area contributed by atoms with E-state index in [4.69, 9.17) is 4.74 Å².